The van der Waals surface area contributed by atoms with Crippen molar-refractivity contribution >= 4 is 23.2 Å². The minimum absolute atomic E-state index is 0.0491. The predicted molar refractivity (Wildman–Crippen MR) is 138 cm³/mol. The van der Waals surface area contributed by atoms with Crippen molar-refractivity contribution in [3.05, 3.63) is 107 Å². The molecule has 1 N–H and O–H groups in total. The van der Waals surface area contributed by atoms with Gasteiger partial charge in [-0.15, -0.1) is 0 Å². The lowest BCUT2D eigenvalue weighted by Crippen LogP contribution is -2.50. The summed E-state index contributed by atoms with van der Waals surface area (Å²) in [4.78, 5) is 17.2. The molecule has 3 aromatic rings. The molecule has 178 valence electrons. The molecule has 6 nitrogen and oxygen atoms in total. The van der Waals surface area contributed by atoms with Crippen LogP contribution in [0.5, 0.6) is 5.75 Å². The van der Waals surface area contributed by atoms with Gasteiger partial charge in [-0.3, -0.25) is 9.69 Å². The van der Waals surface area contributed by atoms with Crippen molar-refractivity contribution in [2.75, 3.05) is 38.6 Å². The SMILES string of the molecule is COc1ccc(N/C=C(/C#N)C(=O)N2CCN(C(c3ccccc3)c3ccccc3)CC2)cc1Cl. The normalized spacial score (nSPS) is 14.5. The van der Waals surface area contributed by atoms with Gasteiger partial charge in [0.2, 0.25) is 0 Å². The number of methoxy groups -OCH3 is 1. The lowest BCUT2D eigenvalue weighted by atomic mass is 9.96. The molecular formula is C28H27ClN4O2. The van der Waals surface area contributed by atoms with Gasteiger partial charge in [0, 0.05) is 38.1 Å². The maximum absolute atomic E-state index is 13.1. The van der Waals surface area contributed by atoms with E-state index >= 15 is 0 Å². The lowest BCUT2D eigenvalue weighted by Gasteiger charge is -2.39. The Morgan fingerprint density at radius 1 is 1.00 bits per heavy atom. The van der Waals surface area contributed by atoms with Crippen LogP contribution in [0.25, 0.3) is 0 Å². The Morgan fingerprint density at radius 3 is 2.11 bits per heavy atom. The number of hydrogen-bond acceptors (Lipinski definition) is 5. The Morgan fingerprint density at radius 2 is 1.60 bits per heavy atom. The summed E-state index contributed by atoms with van der Waals surface area (Å²) in [6.45, 7) is 2.51. The molecule has 0 atom stereocenters. The zero-order valence-electron chi connectivity index (χ0n) is 19.5. The molecule has 0 aromatic heterocycles. The number of nitriles is 1. The fourth-order valence-corrected chi connectivity index (χ4v) is 4.55. The standard InChI is InChI=1S/C28H27ClN4O2/c1-35-26-13-12-24(18-25(26)29)31-20-23(19-30)28(34)33-16-14-32(15-17-33)27(21-8-4-2-5-9-21)22-10-6-3-7-11-22/h2-13,18,20,27,31H,14-17H2,1H3/b23-20-. The van der Waals surface area contributed by atoms with Crippen LogP contribution >= 0.6 is 11.6 Å². The first-order valence-electron chi connectivity index (χ1n) is 11.4. The molecule has 4 rings (SSSR count). The number of carbonyl (C=O) groups is 1. The Kier molecular flexibility index (Phi) is 8.04. The maximum atomic E-state index is 13.1. The minimum atomic E-state index is -0.282. The van der Waals surface area contributed by atoms with Crippen LogP contribution in [-0.2, 0) is 4.79 Å². The van der Waals surface area contributed by atoms with Crippen LogP contribution in [0.1, 0.15) is 17.2 Å². The fourth-order valence-electron chi connectivity index (χ4n) is 4.29. The van der Waals surface area contributed by atoms with Crippen LogP contribution in [0.4, 0.5) is 5.69 Å². The highest BCUT2D eigenvalue weighted by Gasteiger charge is 2.29. The van der Waals surface area contributed by atoms with Gasteiger partial charge in [0.25, 0.3) is 5.91 Å². The van der Waals surface area contributed by atoms with Crippen molar-refractivity contribution in [3.63, 3.8) is 0 Å². The van der Waals surface area contributed by atoms with Gasteiger partial charge in [-0.25, -0.2) is 0 Å². The second-order valence-electron chi connectivity index (χ2n) is 8.22. The van der Waals surface area contributed by atoms with Crippen molar-refractivity contribution in [1.82, 2.24) is 9.80 Å². The molecule has 1 saturated heterocycles. The van der Waals surface area contributed by atoms with Crippen molar-refractivity contribution in [2.24, 2.45) is 0 Å². The fraction of sp³-hybridized carbons (Fsp3) is 0.214. The van der Waals surface area contributed by atoms with Crippen molar-refractivity contribution in [3.8, 4) is 11.8 Å². The van der Waals surface area contributed by atoms with Gasteiger partial charge < -0.3 is 15.0 Å². The second kappa shape index (κ2) is 11.6. The highest BCUT2D eigenvalue weighted by Crippen LogP contribution is 2.30. The maximum Gasteiger partial charge on any atom is 0.266 e. The monoisotopic (exact) mass is 486 g/mol. The summed E-state index contributed by atoms with van der Waals surface area (Å²) >= 11 is 6.16. The smallest absolute Gasteiger partial charge is 0.266 e. The first-order chi connectivity index (χ1) is 17.1. The average molecular weight is 487 g/mol. The van der Waals surface area contributed by atoms with Crippen LogP contribution < -0.4 is 10.1 Å². The number of nitrogens with one attached hydrogen (secondary N) is 1. The molecule has 1 amide bonds. The molecule has 35 heavy (non-hydrogen) atoms. The summed E-state index contributed by atoms with van der Waals surface area (Å²) in [6.07, 6.45) is 1.43. The van der Waals surface area contributed by atoms with E-state index in [1.165, 1.54) is 17.3 Å². The molecule has 1 fully saturated rings. The zero-order chi connectivity index (χ0) is 24.6. The number of rotatable bonds is 7. The van der Waals surface area contributed by atoms with Crippen molar-refractivity contribution < 1.29 is 9.53 Å². The van der Waals surface area contributed by atoms with Crippen LogP contribution in [0.2, 0.25) is 5.02 Å². The van der Waals surface area contributed by atoms with Gasteiger partial charge in [0.05, 0.1) is 18.2 Å². The van der Waals surface area contributed by atoms with Crippen molar-refractivity contribution in [1.29, 1.82) is 5.26 Å². The molecule has 1 aliphatic rings. The van der Waals surface area contributed by atoms with E-state index in [9.17, 15) is 10.1 Å². The number of piperazine rings is 1. The van der Waals surface area contributed by atoms with Gasteiger partial charge in [-0.1, -0.05) is 72.3 Å². The van der Waals surface area contributed by atoms with E-state index in [-0.39, 0.29) is 17.5 Å². The van der Waals surface area contributed by atoms with E-state index in [0.29, 0.717) is 42.6 Å². The number of anilines is 1. The van der Waals surface area contributed by atoms with E-state index in [2.05, 4.69) is 58.7 Å². The van der Waals surface area contributed by atoms with Crippen molar-refractivity contribution in [2.45, 2.75) is 6.04 Å². The predicted octanol–water partition coefficient (Wildman–Crippen LogP) is 5.10. The third kappa shape index (κ3) is 5.83. The third-order valence-electron chi connectivity index (χ3n) is 6.08. The third-order valence-corrected chi connectivity index (χ3v) is 6.38. The second-order valence-corrected chi connectivity index (χ2v) is 8.62. The summed E-state index contributed by atoms with van der Waals surface area (Å²) in [6, 6.07) is 28.1. The summed E-state index contributed by atoms with van der Waals surface area (Å²) in [5.74, 6) is 0.273. The lowest BCUT2D eigenvalue weighted by molar-refractivity contribution is -0.128. The molecule has 7 heteroatoms. The molecule has 0 bridgehead atoms. The Bertz CT molecular complexity index is 1180. The molecule has 3 aromatic carbocycles. The average Bonchev–Trinajstić information content (AvgIpc) is 2.91. The van der Waals surface area contributed by atoms with Gasteiger partial charge in [-0.05, 0) is 29.3 Å². The number of nitrogens with zero attached hydrogens (tertiary/aromatic N) is 3. The summed E-state index contributed by atoms with van der Waals surface area (Å²) in [5, 5.41) is 13.1. The molecular weight excluding hydrogens is 460 g/mol. The Labute approximate surface area is 211 Å². The largest absolute Gasteiger partial charge is 0.495 e. The van der Waals surface area contributed by atoms with Gasteiger partial charge >= 0.3 is 0 Å². The van der Waals surface area contributed by atoms with Gasteiger partial charge in [0.15, 0.2) is 0 Å². The first-order valence-corrected chi connectivity index (χ1v) is 11.8. The molecule has 0 radical (unpaired) electrons. The van der Waals surface area contributed by atoms with Gasteiger partial charge in [0.1, 0.15) is 17.4 Å². The topological polar surface area (TPSA) is 68.6 Å². The summed E-state index contributed by atoms with van der Waals surface area (Å²) in [7, 11) is 1.54. The molecule has 0 saturated carbocycles. The first kappa shape index (κ1) is 24.3. The van der Waals surface area contributed by atoms with E-state index in [1.54, 1.807) is 30.2 Å². The Balaban J connectivity index is 1.44. The molecule has 1 heterocycles. The summed E-state index contributed by atoms with van der Waals surface area (Å²) in [5.41, 5.74) is 3.15. The number of halogens is 1. The zero-order valence-corrected chi connectivity index (χ0v) is 20.3. The van der Waals surface area contributed by atoms with Crippen LogP contribution in [-0.4, -0.2) is 49.0 Å². The van der Waals surface area contributed by atoms with Crippen LogP contribution in [0.15, 0.2) is 90.6 Å². The number of carbonyl (C=O) groups excluding carboxylic acids is 1. The molecule has 1 aliphatic heterocycles. The van der Waals surface area contributed by atoms with E-state index in [1.807, 2.05) is 18.2 Å². The Hall–Kier alpha value is -3.79. The number of amides is 1. The quantitative estimate of drug-likeness (QED) is 0.371. The van der Waals surface area contributed by atoms with Crippen LogP contribution in [0, 0.1) is 11.3 Å². The summed E-state index contributed by atoms with van der Waals surface area (Å²) < 4.78 is 5.15. The molecule has 0 spiro atoms. The van der Waals surface area contributed by atoms with E-state index in [4.69, 9.17) is 16.3 Å². The molecule has 0 unspecified atom stereocenters. The van der Waals surface area contributed by atoms with E-state index in [0.717, 1.165) is 0 Å². The number of hydrogen-bond donors (Lipinski definition) is 1. The van der Waals surface area contributed by atoms with E-state index < -0.39 is 0 Å². The highest BCUT2D eigenvalue weighted by molar-refractivity contribution is 6.32. The molecule has 0 aliphatic carbocycles. The van der Waals surface area contributed by atoms with Crippen LogP contribution in [0.3, 0.4) is 0 Å². The highest BCUT2D eigenvalue weighted by atomic mass is 35.5. The number of ether oxygens (including phenoxy) is 1. The number of benzene rings is 3. The minimum Gasteiger partial charge on any atom is -0.495 e. The van der Waals surface area contributed by atoms with Gasteiger partial charge in [-0.2, -0.15) is 5.26 Å².